The molecule has 0 radical (unpaired) electrons. The van der Waals surface area contributed by atoms with Gasteiger partial charge in [-0.2, -0.15) is 0 Å². The van der Waals surface area contributed by atoms with Gasteiger partial charge in [0.15, 0.2) is 0 Å². The zero-order chi connectivity index (χ0) is 25.3. The highest BCUT2D eigenvalue weighted by atomic mass is 35.5. The van der Waals surface area contributed by atoms with Gasteiger partial charge in [-0.1, -0.05) is 29.8 Å². The molecule has 1 aliphatic heterocycles. The molecule has 1 aromatic carbocycles. The molecule has 11 heteroatoms. The van der Waals surface area contributed by atoms with E-state index in [0.717, 1.165) is 0 Å². The summed E-state index contributed by atoms with van der Waals surface area (Å²) >= 11 is 13.2. The molecule has 4 rings (SSSR count). The molecule has 184 valence electrons. The number of nitrogens with one attached hydrogen (secondary N) is 3. The van der Waals surface area contributed by atoms with Crippen LogP contribution < -0.4 is 31.0 Å². The summed E-state index contributed by atoms with van der Waals surface area (Å²) in [6.45, 7) is 4.74. The summed E-state index contributed by atoms with van der Waals surface area (Å²) < 4.78 is 12.2. The lowest BCUT2D eigenvalue weighted by Gasteiger charge is -2.21. The first-order valence-electron chi connectivity index (χ1n) is 10.8. The molecule has 1 amide bonds. The van der Waals surface area contributed by atoms with Gasteiger partial charge in [0, 0.05) is 43.4 Å². The molecule has 0 saturated carbocycles. The first-order chi connectivity index (χ1) is 16.8. The molecule has 1 aliphatic rings. The van der Waals surface area contributed by atoms with Crippen molar-refractivity contribution < 1.29 is 14.3 Å². The number of nitrogens with zero attached hydrogens (tertiary/aromatic N) is 2. The molecule has 0 spiro atoms. The minimum atomic E-state index is -0.252. The Morgan fingerprint density at radius 1 is 1.17 bits per heavy atom. The van der Waals surface area contributed by atoms with Crippen molar-refractivity contribution in [2.24, 2.45) is 7.05 Å². The summed E-state index contributed by atoms with van der Waals surface area (Å²) in [5.41, 5.74) is 0.661. The number of benzene rings is 1. The van der Waals surface area contributed by atoms with Gasteiger partial charge in [0.1, 0.15) is 17.3 Å². The third kappa shape index (κ3) is 4.67. The third-order valence-corrected chi connectivity index (χ3v) is 6.76. The average molecular weight is 518 g/mol. The minimum absolute atomic E-state index is 0.103. The first kappa shape index (κ1) is 24.8. The Bertz CT molecular complexity index is 1350. The summed E-state index contributed by atoms with van der Waals surface area (Å²) in [6, 6.07) is 4.84. The van der Waals surface area contributed by atoms with Gasteiger partial charge in [0.2, 0.25) is 5.91 Å². The van der Waals surface area contributed by atoms with Crippen LogP contribution in [0.2, 0.25) is 10.0 Å². The van der Waals surface area contributed by atoms with Gasteiger partial charge in [-0.25, -0.2) is 4.98 Å². The molecule has 3 aromatic rings. The highest BCUT2D eigenvalue weighted by Crippen LogP contribution is 2.45. The number of halogens is 2. The lowest BCUT2D eigenvalue weighted by atomic mass is 10.1. The molecule has 2 atom stereocenters. The number of aromatic nitrogens is 2. The second-order valence-electron chi connectivity index (χ2n) is 8.06. The van der Waals surface area contributed by atoms with Crippen LogP contribution in [-0.2, 0) is 11.8 Å². The second kappa shape index (κ2) is 10.2. The fraction of sp³-hybridized carbons (Fsp3) is 0.292. The average Bonchev–Trinajstić information content (AvgIpc) is 3.28. The highest BCUT2D eigenvalue weighted by molar-refractivity contribution is 6.41. The van der Waals surface area contributed by atoms with Crippen LogP contribution in [0.4, 0.5) is 5.82 Å². The number of hydrogen-bond acceptors (Lipinski definition) is 7. The van der Waals surface area contributed by atoms with Gasteiger partial charge in [-0.3, -0.25) is 9.59 Å². The van der Waals surface area contributed by atoms with E-state index in [4.69, 9.17) is 32.7 Å². The van der Waals surface area contributed by atoms with Crippen molar-refractivity contribution in [3.63, 3.8) is 0 Å². The number of ether oxygens (including phenoxy) is 2. The molecule has 1 saturated heterocycles. The van der Waals surface area contributed by atoms with Crippen molar-refractivity contribution in [1.29, 1.82) is 0 Å². The summed E-state index contributed by atoms with van der Waals surface area (Å²) in [5.74, 6) is 1.02. The molecule has 3 heterocycles. The van der Waals surface area contributed by atoms with E-state index < -0.39 is 0 Å². The van der Waals surface area contributed by atoms with Crippen molar-refractivity contribution in [1.82, 2.24) is 20.2 Å². The van der Waals surface area contributed by atoms with E-state index in [1.165, 1.54) is 24.9 Å². The Labute approximate surface area is 212 Å². The van der Waals surface area contributed by atoms with Gasteiger partial charge < -0.3 is 30.0 Å². The predicted molar refractivity (Wildman–Crippen MR) is 138 cm³/mol. The number of hydrogen-bond donors (Lipinski definition) is 3. The summed E-state index contributed by atoms with van der Waals surface area (Å²) in [6.07, 6.45) is 2.85. The van der Waals surface area contributed by atoms with E-state index in [-0.39, 0.29) is 33.6 Å². The smallest absolute Gasteiger partial charge is 0.258 e. The van der Waals surface area contributed by atoms with E-state index in [0.29, 0.717) is 52.4 Å². The van der Waals surface area contributed by atoms with Crippen LogP contribution in [0, 0.1) is 0 Å². The molecule has 0 unspecified atom stereocenters. The van der Waals surface area contributed by atoms with Crippen LogP contribution in [0.15, 0.2) is 41.8 Å². The molecule has 35 heavy (non-hydrogen) atoms. The van der Waals surface area contributed by atoms with Crippen LogP contribution in [0.3, 0.4) is 0 Å². The molecule has 0 aliphatic carbocycles. The second-order valence-corrected chi connectivity index (χ2v) is 8.82. The number of carbonyl (C=O) groups is 1. The molecular weight excluding hydrogens is 493 g/mol. The molecule has 0 bridgehead atoms. The molecule has 9 nitrogen and oxygen atoms in total. The number of anilines is 1. The van der Waals surface area contributed by atoms with Crippen LogP contribution in [0.5, 0.6) is 11.5 Å². The quantitative estimate of drug-likeness (QED) is 0.413. The van der Waals surface area contributed by atoms with Crippen molar-refractivity contribution in [3.05, 3.63) is 57.4 Å². The minimum Gasteiger partial charge on any atom is -0.495 e. The van der Waals surface area contributed by atoms with E-state index in [1.54, 1.807) is 31.4 Å². The number of methoxy groups -OCH3 is 2. The Morgan fingerprint density at radius 2 is 1.83 bits per heavy atom. The summed E-state index contributed by atoms with van der Waals surface area (Å²) in [5, 5.41) is 11.0. The van der Waals surface area contributed by atoms with Gasteiger partial charge >= 0.3 is 0 Å². The zero-order valence-electron chi connectivity index (χ0n) is 19.4. The molecule has 3 N–H and O–H groups in total. The molecule has 1 fully saturated rings. The number of carbonyl (C=O) groups excluding carboxylic acids is 1. The van der Waals surface area contributed by atoms with E-state index >= 15 is 0 Å². The summed E-state index contributed by atoms with van der Waals surface area (Å²) in [4.78, 5) is 29.6. The van der Waals surface area contributed by atoms with Crippen molar-refractivity contribution >= 4 is 45.7 Å². The maximum absolute atomic E-state index is 13.4. The summed E-state index contributed by atoms with van der Waals surface area (Å²) in [7, 11) is 4.62. The molecular formula is C24H25Cl2N5O4. The van der Waals surface area contributed by atoms with Crippen LogP contribution in [0.25, 0.3) is 22.0 Å². The standard InChI is InChI=1S/C24H25Cl2N5O4/c1-5-20(32)30-15-11-27-10-14(15)29-19-7-13-12(9-28-19)6-16(31(2)24(13)33)21-22(25)17(34-3)8-18(35-4)23(21)26/h5-9,14-15,27H,1,10-11H2,2-4H3,(H,28,29)(H,30,32)/t14-,15+/m1/s1. The Morgan fingerprint density at radius 3 is 2.46 bits per heavy atom. The fourth-order valence-corrected chi connectivity index (χ4v) is 4.84. The topological polar surface area (TPSA) is 107 Å². The maximum atomic E-state index is 13.4. The first-order valence-corrected chi connectivity index (χ1v) is 11.5. The predicted octanol–water partition coefficient (Wildman–Crippen LogP) is 2.98. The highest BCUT2D eigenvalue weighted by Gasteiger charge is 2.28. The van der Waals surface area contributed by atoms with Crippen molar-refractivity contribution in [2.75, 3.05) is 32.6 Å². The zero-order valence-corrected chi connectivity index (χ0v) is 21.0. The van der Waals surface area contributed by atoms with Crippen molar-refractivity contribution in [2.45, 2.75) is 12.1 Å². The number of pyridine rings is 2. The van der Waals surface area contributed by atoms with E-state index in [9.17, 15) is 9.59 Å². The van der Waals surface area contributed by atoms with Crippen molar-refractivity contribution in [3.8, 4) is 22.8 Å². The lowest BCUT2D eigenvalue weighted by molar-refractivity contribution is -0.117. The number of amides is 1. The molecule has 2 aromatic heterocycles. The fourth-order valence-electron chi connectivity index (χ4n) is 4.14. The Hall–Kier alpha value is -3.27. The Balaban J connectivity index is 1.75. The van der Waals surface area contributed by atoms with Crippen LogP contribution >= 0.6 is 23.2 Å². The van der Waals surface area contributed by atoms with Gasteiger partial charge in [-0.05, 0) is 18.2 Å². The normalized spacial score (nSPS) is 17.3. The van der Waals surface area contributed by atoms with Gasteiger partial charge in [-0.15, -0.1) is 0 Å². The number of rotatable bonds is 7. The van der Waals surface area contributed by atoms with Gasteiger partial charge in [0.05, 0.1) is 47.4 Å². The monoisotopic (exact) mass is 517 g/mol. The maximum Gasteiger partial charge on any atom is 0.258 e. The lowest BCUT2D eigenvalue weighted by Crippen LogP contribution is -2.45. The number of fused-ring (bicyclic) bond motifs is 1. The van der Waals surface area contributed by atoms with Crippen LogP contribution in [-0.4, -0.2) is 54.9 Å². The SMILES string of the molecule is C=CC(=O)N[C@H]1CNC[C@H]1Nc1cc2c(=O)n(C)c(-c3c(Cl)c(OC)cc(OC)c3Cl)cc2cn1. The largest absolute Gasteiger partial charge is 0.495 e. The third-order valence-electron chi connectivity index (χ3n) is 6.01. The van der Waals surface area contributed by atoms with E-state index in [1.807, 2.05) is 0 Å². The van der Waals surface area contributed by atoms with Crippen LogP contribution in [0.1, 0.15) is 0 Å². The Kier molecular flexibility index (Phi) is 7.20. The van der Waals surface area contributed by atoms with E-state index in [2.05, 4.69) is 27.5 Å². The van der Waals surface area contributed by atoms with Gasteiger partial charge in [0.25, 0.3) is 5.56 Å².